The number of carboxylic acid groups (broad SMARTS) is 1. The van der Waals surface area contributed by atoms with Gasteiger partial charge in [-0.15, -0.1) is 0 Å². The minimum absolute atomic E-state index is 0.303. The van der Waals surface area contributed by atoms with Gasteiger partial charge in [0.25, 0.3) is 0 Å². The lowest BCUT2D eigenvalue weighted by molar-refractivity contribution is 0.0697. The number of fused-ring (bicyclic) bond motifs is 1. The summed E-state index contributed by atoms with van der Waals surface area (Å²) in [5.41, 5.74) is 2.22. The number of aromatic nitrogens is 1. The van der Waals surface area contributed by atoms with Crippen LogP contribution in [0.2, 0.25) is 0 Å². The number of benzene rings is 1. The molecule has 0 bridgehead atoms. The van der Waals surface area contributed by atoms with Gasteiger partial charge in [-0.1, -0.05) is 0 Å². The first-order chi connectivity index (χ1) is 9.65. The first kappa shape index (κ1) is 12.9. The topological polar surface area (TPSA) is 65.5 Å². The maximum absolute atomic E-state index is 11.0. The second-order valence-corrected chi connectivity index (χ2v) is 5.07. The van der Waals surface area contributed by atoms with Crippen LogP contribution in [0.4, 0.5) is 5.82 Å². The standard InChI is InChI=1S/C15H17N3O2/c1-10-8-14(18-6-4-16-5-7-18)17-13-3-2-11(15(19)20)9-12(10)13/h2-3,8-9,16H,4-7H2,1H3,(H,19,20). The van der Waals surface area contributed by atoms with Crippen LogP contribution >= 0.6 is 0 Å². The minimum atomic E-state index is -0.905. The molecule has 1 aromatic carbocycles. The summed E-state index contributed by atoms with van der Waals surface area (Å²) < 4.78 is 0. The number of anilines is 1. The van der Waals surface area contributed by atoms with Crippen molar-refractivity contribution in [3.63, 3.8) is 0 Å². The predicted molar refractivity (Wildman–Crippen MR) is 78.5 cm³/mol. The number of aromatic carboxylic acids is 1. The highest BCUT2D eigenvalue weighted by molar-refractivity contribution is 5.94. The van der Waals surface area contributed by atoms with Gasteiger partial charge >= 0.3 is 5.97 Å². The van der Waals surface area contributed by atoms with E-state index in [1.807, 2.05) is 13.0 Å². The summed E-state index contributed by atoms with van der Waals surface area (Å²) in [6.45, 7) is 5.84. The van der Waals surface area contributed by atoms with E-state index in [1.165, 1.54) is 0 Å². The highest BCUT2D eigenvalue weighted by atomic mass is 16.4. The monoisotopic (exact) mass is 271 g/mol. The van der Waals surface area contributed by atoms with Crippen LogP contribution in [0.3, 0.4) is 0 Å². The maximum Gasteiger partial charge on any atom is 0.335 e. The average molecular weight is 271 g/mol. The molecular weight excluding hydrogens is 254 g/mol. The largest absolute Gasteiger partial charge is 0.478 e. The Labute approximate surface area is 117 Å². The first-order valence-corrected chi connectivity index (χ1v) is 6.75. The lowest BCUT2D eigenvalue weighted by atomic mass is 10.1. The van der Waals surface area contributed by atoms with E-state index in [0.717, 1.165) is 48.5 Å². The van der Waals surface area contributed by atoms with E-state index in [0.29, 0.717) is 5.56 Å². The summed E-state index contributed by atoms with van der Waals surface area (Å²) in [7, 11) is 0. The van der Waals surface area contributed by atoms with Crippen LogP contribution in [-0.2, 0) is 0 Å². The van der Waals surface area contributed by atoms with Gasteiger partial charge in [-0.05, 0) is 36.8 Å². The summed E-state index contributed by atoms with van der Waals surface area (Å²) in [6, 6.07) is 7.14. The molecule has 0 atom stereocenters. The Bertz CT molecular complexity index is 663. The summed E-state index contributed by atoms with van der Waals surface area (Å²) in [6.07, 6.45) is 0. The number of piperazine rings is 1. The Balaban J connectivity index is 2.05. The van der Waals surface area contributed by atoms with Gasteiger partial charge in [0.05, 0.1) is 11.1 Å². The number of nitrogens with zero attached hydrogens (tertiary/aromatic N) is 2. The van der Waals surface area contributed by atoms with Gasteiger partial charge < -0.3 is 15.3 Å². The molecule has 1 aliphatic heterocycles. The molecule has 20 heavy (non-hydrogen) atoms. The number of aryl methyl sites for hydroxylation is 1. The molecule has 1 aromatic heterocycles. The fourth-order valence-electron chi connectivity index (χ4n) is 2.57. The molecule has 0 amide bonds. The summed E-state index contributed by atoms with van der Waals surface area (Å²) in [5, 5.41) is 13.3. The van der Waals surface area contributed by atoms with Crippen molar-refractivity contribution < 1.29 is 9.90 Å². The quantitative estimate of drug-likeness (QED) is 0.869. The summed E-state index contributed by atoms with van der Waals surface area (Å²) >= 11 is 0. The minimum Gasteiger partial charge on any atom is -0.478 e. The zero-order valence-electron chi connectivity index (χ0n) is 11.4. The Hall–Kier alpha value is -2.14. The van der Waals surface area contributed by atoms with Crippen molar-refractivity contribution in [2.75, 3.05) is 31.1 Å². The lowest BCUT2D eigenvalue weighted by Crippen LogP contribution is -2.43. The SMILES string of the molecule is Cc1cc(N2CCNCC2)nc2ccc(C(=O)O)cc12. The zero-order valence-corrected chi connectivity index (χ0v) is 11.4. The van der Waals surface area contributed by atoms with Gasteiger partial charge in [0, 0.05) is 31.6 Å². The number of nitrogens with one attached hydrogen (secondary N) is 1. The maximum atomic E-state index is 11.0. The number of rotatable bonds is 2. The van der Waals surface area contributed by atoms with Crippen LogP contribution in [0, 0.1) is 6.92 Å². The number of carboxylic acids is 1. The van der Waals surface area contributed by atoms with Crippen LogP contribution in [0.1, 0.15) is 15.9 Å². The molecule has 1 aliphatic rings. The molecule has 2 N–H and O–H groups in total. The van der Waals surface area contributed by atoms with E-state index in [1.54, 1.807) is 18.2 Å². The van der Waals surface area contributed by atoms with Crippen LogP contribution in [0.15, 0.2) is 24.3 Å². The summed E-state index contributed by atoms with van der Waals surface area (Å²) in [4.78, 5) is 18.0. The Morgan fingerprint density at radius 2 is 2.05 bits per heavy atom. The number of hydrogen-bond acceptors (Lipinski definition) is 4. The normalized spacial score (nSPS) is 15.6. The van der Waals surface area contributed by atoms with E-state index in [2.05, 4.69) is 15.2 Å². The second kappa shape index (κ2) is 5.09. The number of carbonyl (C=O) groups is 1. The molecule has 0 unspecified atom stereocenters. The smallest absolute Gasteiger partial charge is 0.335 e. The molecule has 3 rings (SSSR count). The molecule has 2 aromatic rings. The second-order valence-electron chi connectivity index (χ2n) is 5.07. The molecule has 5 nitrogen and oxygen atoms in total. The Morgan fingerprint density at radius 3 is 2.75 bits per heavy atom. The highest BCUT2D eigenvalue weighted by Crippen LogP contribution is 2.23. The van der Waals surface area contributed by atoms with Crippen LogP contribution < -0.4 is 10.2 Å². The van der Waals surface area contributed by atoms with Crippen molar-refractivity contribution in [2.45, 2.75) is 6.92 Å². The average Bonchev–Trinajstić information content (AvgIpc) is 2.47. The van der Waals surface area contributed by atoms with Crippen molar-refractivity contribution in [2.24, 2.45) is 0 Å². The Morgan fingerprint density at radius 1 is 1.30 bits per heavy atom. The van der Waals surface area contributed by atoms with E-state index < -0.39 is 5.97 Å². The third kappa shape index (κ3) is 2.32. The molecule has 2 heterocycles. The van der Waals surface area contributed by atoms with Gasteiger partial charge in [0.1, 0.15) is 5.82 Å². The van der Waals surface area contributed by atoms with E-state index in [9.17, 15) is 4.79 Å². The van der Waals surface area contributed by atoms with Crippen LogP contribution in [0.5, 0.6) is 0 Å². The van der Waals surface area contributed by atoms with E-state index in [-0.39, 0.29) is 0 Å². The van der Waals surface area contributed by atoms with Crippen molar-refractivity contribution in [1.29, 1.82) is 0 Å². The van der Waals surface area contributed by atoms with Crippen LogP contribution in [-0.4, -0.2) is 42.2 Å². The number of hydrogen-bond donors (Lipinski definition) is 2. The van der Waals surface area contributed by atoms with Crippen molar-refractivity contribution in [1.82, 2.24) is 10.3 Å². The lowest BCUT2D eigenvalue weighted by Gasteiger charge is -2.28. The fraction of sp³-hybridized carbons (Fsp3) is 0.333. The van der Waals surface area contributed by atoms with Crippen molar-refractivity contribution in [3.8, 4) is 0 Å². The van der Waals surface area contributed by atoms with Crippen LogP contribution in [0.25, 0.3) is 10.9 Å². The third-order valence-corrected chi connectivity index (χ3v) is 3.69. The number of pyridine rings is 1. The van der Waals surface area contributed by atoms with E-state index >= 15 is 0 Å². The molecular formula is C15H17N3O2. The molecule has 1 saturated heterocycles. The molecule has 5 heteroatoms. The predicted octanol–water partition coefficient (Wildman–Crippen LogP) is 1.65. The molecule has 0 spiro atoms. The first-order valence-electron chi connectivity index (χ1n) is 6.75. The summed E-state index contributed by atoms with van der Waals surface area (Å²) in [5.74, 6) is 0.0667. The van der Waals surface area contributed by atoms with E-state index in [4.69, 9.17) is 5.11 Å². The third-order valence-electron chi connectivity index (χ3n) is 3.69. The van der Waals surface area contributed by atoms with Gasteiger partial charge in [0.2, 0.25) is 0 Å². The highest BCUT2D eigenvalue weighted by Gasteiger charge is 2.14. The van der Waals surface area contributed by atoms with Crippen molar-refractivity contribution in [3.05, 3.63) is 35.4 Å². The fourth-order valence-corrected chi connectivity index (χ4v) is 2.57. The molecule has 104 valence electrons. The van der Waals surface area contributed by atoms with Gasteiger partial charge in [-0.2, -0.15) is 0 Å². The molecule has 0 aliphatic carbocycles. The molecule has 0 saturated carbocycles. The van der Waals surface area contributed by atoms with Gasteiger partial charge in [-0.25, -0.2) is 9.78 Å². The Kier molecular flexibility index (Phi) is 3.28. The van der Waals surface area contributed by atoms with Crippen molar-refractivity contribution >= 4 is 22.7 Å². The van der Waals surface area contributed by atoms with Gasteiger partial charge in [0.15, 0.2) is 0 Å². The molecule has 1 fully saturated rings. The molecule has 0 radical (unpaired) electrons. The van der Waals surface area contributed by atoms with Gasteiger partial charge in [-0.3, -0.25) is 0 Å². The zero-order chi connectivity index (χ0) is 14.1.